The van der Waals surface area contributed by atoms with E-state index in [9.17, 15) is 4.79 Å². The molecule has 1 aliphatic heterocycles. The van der Waals surface area contributed by atoms with E-state index in [1.807, 2.05) is 30.5 Å². The Balaban J connectivity index is 2.01. The summed E-state index contributed by atoms with van der Waals surface area (Å²) in [6, 6.07) is 5.70. The normalized spacial score (nSPS) is 17.9. The van der Waals surface area contributed by atoms with Crippen LogP contribution in [0.1, 0.15) is 11.9 Å². The van der Waals surface area contributed by atoms with E-state index in [2.05, 4.69) is 10.3 Å². The SMILES string of the molecule is Cc1nc(-c2ccc3c(c2)O[C@H](C)C(=O)N3)cs1. The van der Waals surface area contributed by atoms with Crippen LogP contribution in [-0.2, 0) is 4.79 Å². The summed E-state index contributed by atoms with van der Waals surface area (Å²) in [5, 5.41) is 5.86. The Morgan fingerprint density at radius 3 is 3.00 bits per heavy atom. The average Bonchev–Trinajstić information content (AvgIpc) is 2.77. The predicted molar refractivity (Wildman–Crippen MR) is 71.0 cm³/mol. The molecule has 1 N–H and O–H groups in total. The largest absolute Gasteiger partial charge is 0.479 e. The first-order chi connectivity index (χ1) is 8.63. The Bertz CT molecular complexity index is 621. The molecule has 1 aliphatic rings. The van der Waals surface area contributed by atoms with Gasteiger partial charge in [0, 0.05) is 10.9 Å². The quantitative estimate of drug-likeness (QED) is 0.857. The van der Waals surface area contributed by atoms with Gasteiger partial charge >= 0.3 is 0 Å². The monoisotopic (exact) mass is 260 g/mol. The third-order valence-electron chi connectivity index (χ3n) is 2.83. The molecule has 0 saturated carbocycles. The molecule has 0 aliphatic carbocycles. The van der Waals surface area contributed by atoms with Crippen LogP contribution in [0.25, 0.3) is 11.3 Å². The van der Waals surface area contributed by atoms with Crippen molar-refractivity contribution in [3.8, 4) is 17.0 Å². The van der Waals surface area contributed by atoms with Crippen LogP contribution in [-0.4, -0.2) is 17.0 Å². The topological polar surface area (TPSA) is 51.2 Å². The molecule has 1 aromatic carbocycles. The molecule has 2 heterocycles. The van der Waals surface area contributed by atoms with Crippen LogP contribution in [0.3, 0.4) is 0 Å². The Labute approximate surface area is 109 Å². The van der Waals surface area contributed by atoms with Gasteiger partial charge in [-0.05, 0) is 26.0 Å². The fraction of sp³-hybridized carbons (Fsp3) is 0.231. The lowest BCUT2D eigenvalue weighted by Gasteiger charge is -2.23. The van der Waals surface area contributed by atoms with Crippen molar-refractivity contribution in [3.05, 3.63) is 28.6 Å². The van der Waals surface area contributed by atoms with Gasteiger partial charge in [0.05, 0.1) is 16.4 Å². The van der Waals surface area contributed by atoms with Gasteiger partial charge in [-0.2, -0.15) is 0 Å². The third kappa shape index (κ3) is 1.86. The molecule has 0 unspecified atom stereocenters. The minimum absolute atomic E-state index is 0.111. The Morgan fingerprint density at radius 2 is 2.28 bits per heavy atom. The van der Waals surface area contributed by atoms with Crippen LogP contribution in [0.4, 0.5) is 5.69 Å². The standard InChI is InChI=1S/C13H12N2O2S/c1-7-13(16)15-10-4-3-9(5-12(10)17-7)11-6-18-8(2)14-11/h3-7H,1-2H3,(H,15,16)/t7-/m1/s1. The minimum atomic E-state index is -0.454. The van der Waals surface area contributed by atoms with Gasteiger partial charge in [-0.25, -0.2) is 4.98 Å². The van der Waals surface area contributed by atoms with Crippen molar-refractivity contribution >= 4 is 22.9 Å². The number of carbonyl (C=O) groups is 1. The van der Waals surface area contributed by atoms with Crippen molar-refractivity contribution in [2.75, 3.05) is 5.32 Å². The number of fused-ring (bicyclic) bond motifs is 1. The van der Waals surface area contributed by atoms with Gasteiger partial charge < -0.3 is 10.1 Å². The van der Waals surface area contributed by atoms with Gasteiger partial charge in [0.1, 0.15) is 5.75 Å². The smallest absolute Gasteiger partial charge is 0.265 e. The molecular formula is C13H12N2O2S. The molecule has 0 radical (unpaired) electrons. The molecule has 18 heavy (non-hydrogen) atoms. The lowest BCUT2D eigenvalue weighted by molar-refractivity contribution is -0.122. The van der Waals surface area contributed by atoms with E-state index in [0.717, 1.165) is 16.3 Å². The molecule has 5 heteroatoms. The zero-order chi connectivity index (χ0) is 12.7. The van der Waals surface area contributed by atoms with Gasteiger partial charge in [-0.1, -0.05) is 6.07 Å². The zero-order valence-corrected chi connectivity index (χ0v) is 10.9. The number of anilines is 1. The number of hydrogen-bond donors (Lipinski definition) is 1. The first kappa shape index (κ1) is 11.2. The van der Waals surface area contributed by atoms with E-state index in [1.165, 1.54) is 0 Å². The zero-order valence-electron chi connectivity index (χ0n) is 10.1. The van der Waals surface area contributed by atoms with Crippen molar-refractivity contribution in [2.45, 2.75) is 20.0 Å². The minimum Gasteiger partial charge on any atom is -0.479 e. The number of carbonyl (C=O) groups excluding carboxylic acids is 1. The molecule has 1 aromatic heterocycles. The van der Waals surface area contributed by atoms with Crippen molar-refractivity contribution in [1.82, 2.24) is 4.98 Å². The molecule has 0 fully saturated rings. The summed E-state index contributed by atoms with van der Waals surface area (Å²) in [6.07, 6.45) is -0.454. The number of hydrogen-bond acceptors (Lipinski definition) is 4. The predicted octanol–water partition coefficient (Wildman–Crippen LogP) is 2.84. The van der Waals surface area contributed by atoms with E-state index in [4.69, 9.17) is 4.74 Å². The number of thiazole rings is 1. The van der Waals surface area contributed by atoms with Gasteiger partial charge in [-0.15, -0.1) is 11.3 Å². The number of aromatic nitrogens is 1. The van der Waals surface area contributed by atoms with Crippen LogP contribution in [0.5, 0.6) is 5.75 Å². The highest BCUT2D eigenvalue weighted by Gasteiger charge is 2.23. The lowest BCUT2D eigenvalue weighted by atomic mass is 10.1. The molecule has 4 nitrogen and oxygen atoms in total. The highest BCUT2D eigenvalue weighted by molar-refractivity contribution is 7.09. The molecule has 3 rings (SSSR count). The third-order valence-corrected chi connectivity index (χ3v) is 3.60. The van der Waals surface area contributed by atoms with E-state index in [0.29, 0.717) is 11.4 Å². The number of rotatable bonds is 1. The number of aryl methyl sites for hydroxylation is 1. The number of amides is 1. The Hall–Kier alpha value is -1.88. The molecular weight excluding hydrogens is 248 g/mol. The van der Waals surface area contributed by atoms with E-state index < -0.39 is 6.10 Å². The summed E-state index contributed by atoms with van der Waals surface area (Å²) in [5.74, 6) is 0.588. The summed E-state index contributed by atoms with van der Waals surface area (Å²) in [4.78, 5) is 15.9. The first-order valence-corrected chi connectivity index (χ1v) is 6.55. The maximum Gasteiger partial charge on any atom is 0.265 e. The van der Waals surface area contributed by atoms with E-state index in [1.54, 1.807) is 18.3 Å². The number of ether oxygens (including phenoxy) is 1. The van der Waals surface area contributed by atoms with Crippen LogP contribution >= 0.6 is 11.3 Å². The molecule has 1 amide bonds. The molecule has 92 valence electrons. The second-order valence-electron chi connectivity index (χ2n) is 4.21. The maximum atomic E-state index is 11.5. The van der Waals surface area contributed by atoms with Gasteiger partial charge in [-0.3, -0.25) is 4.79 Å². The fourth-order valence-corrected chi connectivity index (χ4v) is 2.48. The second-order valence-corrected chi connectivity index (χ2v) is 5.27. The summed E-state index contributed by atoms with van der Waals surface area (Å²) in [6.45, 7) is 3.71. The summed E-state index contributed by atoms with van der Waals surface area (Å²) >= 11 is 1.62. The van der Waals surface area contributed by atoms with Crippen molar-refractivity contribution in [1.29, 1.82) is 0 Å². The summed E-state index contributed by atoms with van der Waals surface area (Å²) in [5.41, 5.74) is 2.66. The maximum absolute atomic E-state index is 11.5. The van der Waals surface area contributed by atoms with Gasteiger partial charge in [0.25, 0.3) is 5.91 Å². The number of nitrogens with one attached hydrogen (secondary N) is 1. The summed E-state index contributed by atoms with van der Waals surface area (Å²) in [7, 11) is 0. The Kier molecular flexibility index (Phi) is 2.56. The highest BCUT2D eigenvalue weighted by atomic mass is 32.1. The molecule has 0 saturated heterocycles. The molecule has 2 aromatic rings. The Morgan fingerprint density at radius 1 is 1.44 bits per heavy atom. The average molecular weight is 260 g/mol. The number of benzene rings is 1. The van der Waals surface area contributed by atoms with Crippen LogP contribution in [0.15, 0.2) is 23.6 Å². The first-order valence-electron chi connectivity index (χ1n) is 5.67. The number of nitrogens with zero attached hydrogens (tertiary/aromatic N) is 1. The molecule has 1 atom stereocenters. The fourth-order valence-electron chi connectivity index (χ4n) is 1.86. The van der Waals surface area contributed by atoms with Gasteiger partial charge in [0.15, 0.2) is 6.10 Å². The lowest BCUT2D eigenvalue weighted by Crippen LogP contribution is -2.34. The molecule has 0 spiro atoms. The van der Waals surface area contributed by atoms with Crippen molar-refractivity contribution in [3.63, 3.8) is 0 Å². The van der Waals surface area contributed by atoms with Crippen LogP contribution in [0.2, 0.25) is 0 Å². The van der Waals surface area contributed by atoms with Crippen molar-refractivity contribution in [2.24, 2.45) is 0 Å². The summed E-state index contributed by atoms with van der Waals surface area (Å²) < 4.78 is 5.58. The van der Waals surface area contributed by atoms with Crippen LogP contribution in [0, 0.1) is 6.92 Å². The highest BCUT2D eigenvalue weighted by Crippen LogP contribution is 2.34. The molecule has 0 bridgehead atoms. The van der Waals surface area contributed by atoms with Gasteiger partial charge in [0.2, 0.25) is 0 Å². The van der Waals surface area contributed by atoms with Crippen LogP contribution < -0.4 is 10.1 Å². The van der Waals surface area contributed by atoms with E-state index in [-0.39, 0.29) is 5.91 Å². The second kappa shape index (κ2) is 4.10. The van der Waals surface area contributed by atoms with Crippen molar-refractivity contribution < 1.29 is 9.53 Å². The van der Waals surface area contributed by atoms with E-state index >= 15 is 0 Å².